The Morgan fingerprint density at radius 3 is 2.21 bits per heavy atom. The first-order chi connectivity index (χ1) is 25.2. The summed E-state index contributed by atoms with van der Waals surface area (Å²) in [7, 11) is 1.46. The molecule has 3 heterocycles. The fourth-order valence-electron chi connectivity index (χ4n) is 7.99. The summed E-state index contributed by atoms with van der Waals surface area (Å²) in [6, 6.07) is 27.0. The van der Waals surface area contributed by atoms with Gasteiger partial charge >= 0.3 is 18.0 Å². The Labute approximate surface area is 313 Å². The predicted octanol–water partition coefficient (Wildman–Crippen LogP) is 6.17. The highest BCUT2D eigenvalue weighted by molar-refractivity contribution is 14.1. The van der Waals surface area contributed by atoms with Gasteiger partial charge in [0.15, 0.2) is 0 Å². The molecular formula is C40H35IN2O9. The Kier molecular flexibility index (Phi) is 9.88. The number of cyclic esters (lactones) is 1. The molecule has 1 spiro atoms. The van der Waals surface area contributed by atoms with E-state index in [9.17, 15) is 19.5 Å². The van der Waals surface area contributed by atoms with Crippen LogP contribution in [-0.4, -0.2) is 66.9 Å². The third-order valence-corrected chi connectivity index (χ3v) is 10.6. The van der Waals surface area contributed by atoms with Crippen LogP contribution in [0.25, 0.3) is 0 Å². The van der Waals surface area contributed by atoms with Gasteiger partial charge in [-0.05, 0) is 75.2 Å². The second-order valence-electron chi connectivity index (χ2n) is 12.7. The summed E-state index contributed by atoms with van der Waals surface area (Å²) in [5.41, 5.74) is 0.595. The highest BCUT2D eigenvalue weighted by Gasteiger charge is 2.76. The molecule has 52 heavy (non-hydrogen) atoms. The number of benzene rings is 4. The average Bonchev–Trinajstić information content (AvgIpc) is 3.61. The lowest BCUT2D eigenvalue weighted by atomic mass is 9.65. The lowest BCUT2D eigenvalue weighted by Crippen LogP contribution is -2.53. The molecule has 266 valence electrons. The van der Waals surface area contributed by atoms with Crippen molar-refractivity contribution in [1.29, 1.82) is 0 Å². The van der Waals surface area contributed by atoms with Crippen molar-refractivity contribution in [3.63, 3.8) is 0 Å². The van der Waals surface area contributed by atoms with Crippen molar-refractivity contribution in [3.8, 4) is 5.75 Å². The molecule has 2 amide bonds. The fourth-order valence-corrected chi connectivity index (χ4v) is 8.48. The van der Waals surface area contributed by atoms with E-state index < -0.39 is 59.5 Å². The lowest BCUT2D eigenvalue weighted by molar-refractivity contribution is -0.180. The number of carbonyl (C=O) groups excluding carboxylic acids is 4. The van der Waals surface area contributed by atoms with E-state index in [1.807, 2.05) is 65.6 Å². The molecule has 3 aliphatic heterocycles. The molecule has 0 saturated carbocycles. The van der Waals surface area contributed by atoms with E-state index in [0.717, 1.165) is 14.0 Å². The number of amides is 2. The number of aromatic hydroxyl groups is 1. The van der Waals surface area contributed by atoms with E-state index in [1.54, 1.807) is 30.3 Å². The minimum Gasteiger partial charge on any atom is -0.508 e. The van der Waals surface area contributed by atoms with Gasteiger partial charge in [-0.15, -0.1) is 0 Å². The highest BCUT2D eigenvalue weighted by Crippen LogP contribution is 2.66. The number of hydrogen-bond acceptors (Lipinski definition) is 10. The number of anilines is 1. The van der Waals surface area contributed by atoms with Crippen LogP contribution in [0.2, 0.25) is 0 Å². The van der Waals surface area contributed by atoms with Crippen molar-refractivity contribution in [2.75, 3.05) is 31.8 Å². The minimum absolute atomic E-state index is 0.0230. The summed E-state index contributed by atoms with van der Waals surface area (Å²) >= 11 is 2.11. The molecule has 11 nitrogen and oxygen atoms in total. The van der Waals surface area contributed by atoms with Gasteiger partial charge in [0.2, 0.25) is 5.91 Å². The van der Waals surface area contributed by atoms with E-state index in [-0.39, 0.29) is 31.3 Å². The molecule has 0 aliphatic carbocycles. The monoisotopic (exact) mass is 814 g/mol. The van der Waals surface area contributed by atoms with Gasteiger partial charge in [0.05, 0.1) is 24.4 Å². The van der Waals surface area contributed by atoms with E-state index in [0.29, 0.717) is 16.7 Å². The quantitative estimate of drug-likeness (QED) is 0.0688. The molecule has 0 unspecified atom stereocenters. The minimum atomic E-state index is -1.94. The van der Waals surface area contributed by atoms with Gasteiger partial charge in [0, 0.05) is 10.7 Å². The average molecular weight is 815 g/mol. The van der Waals surface area contributed by atoms with Gasteiger partial charge in [-0.1, -0.05) is 85.5 Å². The van der Waals surface area contributed by atoms with Crippen LogP contribution in [0.15, 0.2) is 116 Å². The van der Waals surface area contributed by atoms with Crippen LogP contribution in [0.1, 0.15) is 40.4 Å². The van der Waals surface area contributed by atoms with E-state index >= 15 is 4.79 Å². The van der Waals surface area contributed by atoms with Gasteiger partial charge in [-0.2, -0.15) is 0 Å². The van der Waals surface area contributed by atoms with E-state index in [1.165, 1.54) is 25.3 Å². The largest absolute Gasteiger partial charge is 0.508 e. The Hall–Kier alpha value is -5.05. The van der Waals surface area contributed by atoms with Crippen molar-refractivity contribution in [3.05, 3.63) is 142 Å². The molecule has 3 aliphatic rings. The van der Waals surface area contributed by atoms with Crippen LogP contribution in [0.5, 0.6) is 5.75 Å². The Bertz CT molecular complexity index is 2010. The predicted molar refractivity (Wildman–Crippen MR) is 197 cm³/mol. The van der Waals surface area contributed by atoms with Gasteiger partial charge in [-0.25, -0.2) is 9.69 Å². The topological polar surface area (TPSA) is 132 Å². The number of imide groups is 1. The second-order valence-corrected chi connectivity index (χ2v) is 13.9. The summed E-state index contributed by atoms with van der Waals surface area (Å²) in [6.45, 7) is 3.46. The van der Waals surface area contributed by atoms with E-state index in [4.69, 9.17) is 18.9 Å². The molecule has 7 rings (SSSR count). The lowest BCUT2D eigenvalue weighted by Gasteiger charge is -2.46. The zero-order chi connectivity index (χ0) is 36.6. The molecule has 1 N–H and O–H groups in total. The number of rotatable bonds is 9. The molecule has 2 saturated heterocycles. The number of hydrogen-bond donors (Lipinski definition) is 1. The number of halogens is 1. The fraction of sp³-hybridized carbons (Fsp3) is 0.250. The van der Waals surface area contributed by atoms with Crippen LogP contribution in [0, 0.1) is 9.49 Å². The highest BCUT2D eigenvalue weighted by atomic mass is 127. The number of fused-ring (bicyclic) bond motifs is 3. The normalized spacial score (nSPS) is 25.0. The molecule has 2 fully saturated rings. The number of carbonyl (C=O) groups is 4. The zero-order valence-corrected chi connectivity index (χ0v) is 30.3. The van der Waals surface area contributed by atoms with Crippen molar-refractivity contribution in [1.82, 2.24) is 4.90 Å². The van der Waals surface area contributed by atoms with Crippen LogP contribution in [-0.2, 0) is 38.7 Å². The Morgan fingerprint density at radius 2 is 1.56 bits per heavy atom. The second kappa shape index (κ2) is 14.5. The summed E-state index contributed by atoms with van der Waals surface area (Å²) < 4.78 is 23.4. The maximum Gasteiger partial charge on any atom is 0.421 e. The number of ether oxygens (including phenoxy) is 4. The van der Waals surface area contributed by atoms with Crippen molar-refractivity contribution < 1.29 is 43.2 Å². The molecule has 6 atom stereocenters. The molecule has 12 heteroatoms. The first-order valence-electron chi connectivity index (χ1n) is 16.7. The van der Waals surface area contributed by atoms with Crippen molar-refractivity contribution in [2.45, 2.75) is 29.6 Å². The third kappa shape index (κ3) is 5.74. The molecule has 0 radical (unpaired) electrons. The van der Waals surface area contributed by atoms with Gasteiger partial charge in [-0.3, -0.25) is 19.3 Å². The third-order valence-electron chi connectivity index (χ3n) is 9.92. The Morgan fingerprint density at radius 1 is 0.885 bits per heavy atom. The molecule has 4 aromatic carbocycles. The number of nitrogens with zero attached hydrogens (tertiary/aromatic N) is 2. The maximum absolute atomic E-state index is 15.6. The summed E-state index contributed by atoms with van der Waals surface area (Å²) in [5.74, 6) is -3.88. The smallest absolute Gasteiger partial charge is 0.421 e. The zero-order valence-electron chi connectivity index (χ0n) is 28.1. The number of methoxy groups -OCH3 is 1. The SMILES string of the molecule is C=CCOC(=O)[C@H]1[C@@H]2C(=O)O[C@@H](c3ccccc3)[C@@H](c3ccccc3)N2[C@@H](c2ccc(O)cc2)[C@]12C(=O)N(C(=O)OCCOC)c1ccc(I)cc12. The number of morpholine rings is 1. The van der Waals surface area contributed by atoms with E-state index in [2.05, 4.69) is 29.2 Å². The summed E-state index contributed by atoms with van der Waals surface area (Å²) in [5, 5.41) is 10.4. The van der Waals surface area contributed by atoms with Crippen molar-refractivity contribution in [2.24, 2.45) is 5.92 Å². The summed E-state index contributed by atoms with van der Waals surface area (Å²) in [4.78, 5) is 61.7. The Balaban J connectivity index is 1.56. The molecule has 0 bridgehead atoms. The van der Waals surface area contributed by atoms with Gasteiger partial charge in [0.25, 0.3) is 0 Å². The first-order valence-corrected chi connectivity index (χ1v) is 17.8. The summed E-state index contributed by atoms with van der Waals surface area (Å²) in [6.07, 6.45) is -0.425. The molecular weight excluding hydrogens is 779 g/mol. The maximum atomic E-state index is 15.6. The molecule has 4 aromatic rings. The number of esters is 2. The van der Waals surface area contributed by atoms with Gasteiger partial charge < -0.3 is 24.1 Å². The number of phenols is 1. The number of phenolic OH excluding ortho intramolecular Hbond substituents is 1. The standard InChI is InChI=1S/C40H35IN2O9/c1-3-20-50-36(45)31-33-37(46)52-34(25-12-8-5-9-13-25)32(24-10-6-4-7-11-24)43(33)35(26-14-17-28(44)18-15-26)40(31)29-23-27(41)16-19-30(29)42(38(40)47)39(48)51-22-21-49-2/h3-19,23,31-35,44H,1,20-22H2,2H3/t31-,32-,33-,34+,35+,40-/m1/s1. The van der Waals surface area contributed by atoms with Crippen molar-refractivity contribution >= 4 is 52.2 Å². The van der Waals surface area contributed by atoms with Crippen LogP contribution >= 0.6 is 22.6 Å². The molecule has 0 aromatic heterocycles. The van der Waals surface area contributed by atoms with Crippen LogP contribution < -0.4 is 4.90 Å². The van der Waals surface area contributed by atoms with Gasteiger partial charge in [0.1, 0.15) is 42.4 Å². The first kappa shape index (κ1) is 35.4. The van der Waals surface area contributed by atoms with Crippen LogP contribution in [0.3, 0.4) is 0 Å². The van der Waals surface area contributed by atoms with Crippen LogP contribution in [0.4, 0.5) is 10.5 Å².